The minimum atomic E-state index is -1.31. The lowest BCUT2D eigenvalue weighted by molar-refractivity contribution is -0.135. The number of nitrogens with zero attached hydrogens (tertiary/aromatic N) is 1. The average Bonchev–Trinajstić information content (AvgIpc) is 2.62. The molecule has 0 aliphatic carbocycles. The molecule has 1 aliphatic rings. The molecule has 0 aromatic heterocycles. The van der Waals surface area contributed by atoms with E-state index in [1.165, 1.54) is 31.2 Å². The van der Waals surface area contributed by atoms with Crippen molar-refractivity contribution >= 4 is 17.8 Å². The van der Waals surface area contributed by atoms with Gasteiger partial charge in [0.2, 0.25) is 5.91 Å². The summed E-state index contributed by atoms with van der Waals surface area (Å²) < 4.78 is 13.0. The van der Waals surface area contributed by atoms with Gasteiger partial charge in [0.05, 0.1) is 0 Å². The molecule has 1 fully saturated rings. The summed E-state index contributed by atoms with van der Waals surface area (Å²) in [7, 11) is 0. The van der Waals surface area contributed by atoms with E-state index in [2.05, 4.69) is 10.6 Å². The van der Waals surface area contributed by atoms with Gasteiger partial charge in [0, 0.05) is 5.54 Å². The molecule has 0 radical (unpaired) electrons. The minimum absolute atomic E-state index is 0.362. The SMILES string of the molecule is CC(C)(C)NC(=O)CN1C(=O)N[C@@](C)(c2ccc(F)cc2)C1=O. The number of urea groups is 1. The van der Waals surface area contributed by atoms with Gasteiger partial charge < -0.3 is 10.6 Å². The predicted molar refractivity (Wildman–Crippen MR) is 81.9 cm³/mol. The van der Waals surface area contributed by atoms with E-state index in [4.69, 9.17) is 0 Å². The van der Waals surface area contributed by atoms with E-state index < -0.39 is 34.7 Å². The van der Waals surface area contributed by atoms with Gasteiger partial charge >= 0.3 is 6.03 Å². The highest BCUT2D eigenvalue weighted by molar-refractivity contribution is 6.09. The molecule has 2 N–H and O–H groups in total. The molecule has 2 rings (SSSR count). The highest BCUT2D eigenvalue weighted by Gasteiger charge is 2.49. The zero-order chi connectivity index (χ0) is 17.4. The van der Waals surface area contributed by atoms with Crippen LogP contribution in [-0.2, 0) is 15.1 Å². The maximum absolute atomic E-state index is 13.0. The van der Waals surface area contributed by atoms with Crippen LogP contribution < -0.4 is 10.6 Å². The van der Waals surface area contributed by atoms with E-state index in [9.17, 15) is 18.8 Å². The molecule has 0 saturated carbocycles. The van der Waals surface area contributed by atoms with Gasteiger partial charge in [0.25, 0.3) is 5.91 Å². The van der Waals surface area contributed by atoms with Crippen LogP contribution in [0.3, 0.4) is 0 Å². The first-order chi connectivity index (χ1) is 10.5. The Hall–Kier alpha value is -2.44. The lowest BCUT2D eigenvalue weighted by Crippen LogP contribution is -2.48. The van der Waals surface area contributed by atoms with Crippen molar-refractivity contribution in [3.05, 3.63) is 35.6 Å². The van der Waals surface area contributed by atoms with E-state index in [1.807, 2.05) is 0 Å². The fourth-order valence-electron chi connectivity index (χ4n) is 2.42. The van der Waals surface area contributed by atoms with Crippen LogP contribution in [0.25, 0.3) is 0 Å². The fraction of sp³-hybridized carbons (Fsp3) is 0.438. The Morgan fingerprint density at radius 3 is 2.35 bits per heavy atom. The lowest BCUT2D eigenvalue weighted by atomic mass is 9.92. The second kappa shape index (κ2) is 5.64. The summed E-state index contributed by atoms with van der Waals surface area (Å²) >= 11 is 0. The quantitative estimate of drug-likeness (QED) is 0.828. The van der Waals surface area contributed by atoms with E-state index in [0.717, 1.165) is 4.90 Å². The molecule has 0 spiro atoms. The van der Waals surface area contributed by atoms with Crippen molar-refractivity contribution in [2.45, 2.75) is 38.8 Å². The maximum Gasteiger partial charge on any atom is 0.325 e. The van der Waals surface area contributed by atoms with Crippen molar-refractivity contribution in [3.63, 3.8) is 0 Å². The number of benzene rings is 1. The molecule has 0 bridgehead atoms. The third kappa shape index (κ3) is 3.49. The molecular formula is C16H20FN3O3. The first-order valence-corrected chi connectivity index (χ1v) is 7.24. The number of hydrogen-bond acceptors (Lipinski definition) is 3. The van der Waals surface area contributed by atoms with Gasteiger partial charge in [-0.25, -0.2) is 9.18 Å². The maximum atomic E-state index is 13.0. The van der Waals surface area contributed by atoms with E-state index in [1.54, 1.807) is 20.8 Å². The molecule has 4 amide bonds. The van der Waals surface area contributed by atoms with Crippen molar-refractivity contribution in [1.82, 2.24) is 15.5 Å². The van der Waals surface area contributed by atoms with Crippen LogP contribution >= 0.6 is 0 Å². The van der Waals surface area contributed by atoms with E-state index in [-0.39, 0.29) is 6.54 Å². The highest BCUT2D eigenvalue weighted by Crippen LogP contribution is 2.28. The molecule has 6 nitrogen and oxygen atoms in total. The molecule has 1 aliphatic heterocycles. The lowest BCUT2D eigenvalue weighted by Gasteiger charge is -2.24. The van der Waals surface area contributed by atoms with Crippen molar-refractivity contribution < 1.29 is 18.8 Å². The average molecular weight is 321 g/mol. The minimum Gasteiger partial charge on any atom is -0.350 e. The van der Waals surface area contributed by atoms with Gasteiger partial charge in [-0.15, -0.1) is 0 Å². The largest absolute Gasteiger partial charge is 0.350 e. The van der Waals surface area contributed by atoms with Gasteiger partial charge in [-0.05, 0) is 45.4 Å². The number of imide groups is 1. The molecular weight excluding hydrogens is 301 g/mol. The zero-order valence-corrected chi connectivity index (χ0v) is 13.6. The van der Waals surface area contributed by atoms with Crippen molar-refractivity contribution in [1.29, 1.82) is 0 Å². The number of amides is 4. The van der Waals surface area contributed by atoms with Gasteiger partial charge in [-0.3, -0.25) is 14.5 Å². The summed E-state index contributed by atoms with van der Waals surface area (Å²) in [5, 5.41) is 5.27. The first kappa shape index (κ1) is 16.9. The number of carbonyl (C=O) groups is 3. The normalized spacial score (nSPS) is 21.3. The monoisotopic (exact) mass is 321 g/mol. The van der Waals surface area contributed by atoms with Gasteiger partial charge in [0.15, 0.2) is 0 Å². The molecule has 0 unspecified atom stereocenters. The number of halogens is 1. The Morgan fingerprint density at radius 1 is 1.26 bits per heavy atom. The Labute approximate surface area is 134 Å². The van der Waals surface area contributed by atoms with Crippen LogP contribution in [0, 0.1) is 5.82 Å². The number of hydrogen-bond donors (Lipinski definition) is 2. The summed E-state index contributed by atoms with van der Waals surface area (Å²) in [6.07, 6.45) is 0. The van der Waals surface area contributed by atoms with Crippen LogP contribution in [0.15, 0.2) is 24.3 Å². The standard InChI is InChI=1S/C16H20FN3O3/c1-15(2,3)18-12(21)9-20-13(22)16(4,19-14(20)23)10-5-7-11(17)8-6-10/h5-8H,9H2,1-4H3,(H,18,21)(H,19,23)/t16-/m0/s1. The summed E-state index contributed by atoms with van der Waals surface area (Å²) in [5.74, 6) is -1.40. The van der Waals surface area contributed by atoms with Crippen LogP contribution in [-0.4, -0.2) is 34.8 Å². The van der Waals surface area contributed by atoms with E-state index >= 15 is 0 Å². The Kier molecular flexibility index (Phi) is 4.15. The second-order valence-corrected chi connectivity index (χ2v) is 6.75. The Bertz CT molecular complexity index is 652. The summed E-state index contributed by atoms with van der Waals surface area (Å²) in [4.78, 5) is 37.5. The summed E-state index contributed by atoms with van der Waals surface area (Å²) in [6, 6.07) is 4.66. The molecule has 1 aromatic rings. The predicted octanol–water partition coefficient (Wildman–Crippen LogP) is 1.51. The molecule has 124 valence electrons. The fourth-order valence-corrected chi connectivity index (χ4v) is 2.42. The van der Waals surface area contributed by atoms with Crippen LogP contribution in [0.4, 0.5) is 9.18 Å². The highest BCUT2D eigenvalue weighted by atomic mass is 19.1. The Balaban J connectivity index is 2.19. The van der Waals surface area contributed by atoms with Crippen LogP contribution in [0.5, 0.6) is 0 Å². The number of nitrogens with one attached hydrogen (secondary N) is 2. The molecule has 7 heteroatoms. The molecule has 1 atom stereocenters. The van der Waals surface area contributed by atoms with Crippen molar-refractivity contribution in [3.8, 4) is 0 Å². The number of rotatable bonds is 3. The van der Waals surface area contributed by atoms with E-state index in [0.29, 0.717) is 5.56 Å². The molecule has 1 heterocycles. The van der Waals surface area contributed by atoms with Crippen LogP contribution in [0.1, 0.15) is 33.3 Å². The molecule has 1 saturated heterocycles. The second-order valence-electron chi connectivity index (χ2n) is 6.75. The van der Waals surface area contributed by atoms with Gasteiger partial charge in [-0.2, -0.15) is 0 Å². The van der Waals surface area contributed by atoms with Gasteiger partial charge in [0.1, 0.15) is 17.9 Å². The smallest absolute Gasteiger partial charge is 0.325 e. The number of carbonyl (C=O) groups excluding carboxylic acids is 3. The van der Waals surface area contributed by atoms with Crippen molar-refractivity contribution in [2.75, 3.05) is 6.54 Å². The molecule has 1 aromatic carbocycles. The first-order valence-electron chi connectivity index (χ1n) is 7.24. The third-order valence-electron chi connectivity index (χ3n) is 3.51. The van der Waals surface area contributed by atoms with Crippen molar-refractivity contribution in [2.24, 2.45) is 0 Å². The summed E-state index contributed by atoms with van der Waals surface area (Å²) in [5.41, 5.74) is -1.32. The third-order valence-corrected chi connectivity index (χ3v) is 3.51. The van der Waals surface area contributed by atoms with Crippen LogP contribution in [0.2, 0.25) is 0 Å². The van der Waals surface area contributed by atoms with Gasteiger partial charge in [-0.1, -0.05) is 12.1 Å². The zero-order valence-electron chi connectivity index (χ0n) is 13.6. The summed E-state index contributed by atoms with van der Waals surface area (Å²) in [6.45, 7) is 6.58. The Morgan fingerprint density at radius 2 is 1.83 bits per heavy atom. The topological polar surface area (TPSA) is 78.5 Å². The molecule has 23 heavy (non-hydrogen) atoms.